The Kier molecular flexibility index (Phi) is 4.12. The van der Waals surface area contributed by atoms with E-state index in [2.05, 4.69) is 0 Å². The molecule has 0 spiro atoms. The van der Waals surface area contributed by atoms with E-state index in [0.717, 1.165) is 12.1 Å². The minimum absolute atomic E-state index is 0.414. The Morgan fingerprint density at radius 1 is 1.19 bits per heavy atom. The van der Waals surface area contributed by atoms with Gasteiger partial charge < -0.3 is 0 Å². The molecule has 0 heterocycles. The SMILES string of the molecule is N#CCC/C=C/c1ccc(C(F)(F)F)cc1. The number of unbranched alkanes of at least 4 members (excludes halogenated alkanes) is 1. The van der Waals surface area contributed by atoms with Gasteiger partial charge in [0.25, 0.3) is 0 Å². The summed E-state index contributed by atoms with van der Waals surface area (Å²) in [6.45, 7) is 0. The van der Waals surface area contributed by atoms with Gasteiger partial charge in [-0.15, -0.1) is 0 Å². The second kappa shape index (κ2) is 5.36. The largest absolute Gasteiger partial charge is 0.416 e. The second-order valence-electron chi connectivity index (χ2n) is 3.22. The number of rotatable bonds is 3. The number of benzene rings is 1. The first-order valence-corrected chi connectivity index (χ1v) is 4.75. The first kappa shape index (κ1) is 12.3. The standard InChI is InChI=1S/C12H10F3N/c13-12(14,15)11-7-5-10(6-8-11)4-2-1-3-9-16/h2,4-8H,1,3H2/b4-2+. The van der Waals surface area contributed by atoms with Gasteiger partial charge in [0.15, 0.2) is 0 Å². The van der Waals surface area contributed by atoms with Crippen molar-refractivity contribution in [2.24, 2.45) is 0 Å². The molecular formula is C12H10F3N. The molecule has 0 fully saturated rings. The van der Waals surface area contributed by atoms with Crippen molar-refractivity contribution in [3.63, 3.8) is 0 Å². The van der Waals surface area contributed by atoms with E-state index in [1.807, 2.05) is 6.07 Å². The van der Waals surface area contributed by atoms with E-state index in [9.17, 15) is 13.2 Å². The first-order chi connectivity index (χ1) is 7.54. The summed E-state index contributed by atoms with van der Waals surface area (Å²) < 4.78 is 36.7. The molecule has 0 aliphatic rings. The molecule has 0 aromatic heterocycles. The van der Waals surface area contributed by atoms with Crippen molar-refractivity contribution < 1.29 is 13.2 Å². The van der Waals surface area contributed by atoms with E-state index in [0.29, 0.717) is 18.4 Å². The van der Waals surface area contributed by atoms with Gasteiger partial charge in [-0.3, -0.25) is 0 Å². The molecule has 0 radical (unpaired) electrons. The van der Waals surface area contributed by atoms with Crippen LogP contribution in [0.25, 0.3) is 6.08 Å². The van der Waals surface area contributed by atoms with Crippen LogP contribution in [0.15, 0.2) is 30.3 Å². The van der Waals surface area contributed by atoms with Crippen LogP contribution in [0.4, 0.5) is 13.2 Å². The number of hydrogen-bond donors (Lipinski definition) is 0. The van der Waals surface area contributed by atoms with Gasteiger partial charge in [-0.1, -0.05) is 24.3 Å². The molecular weight excluding hydrogens is 215 g/mol. The molecule has 0 saturated heterocycles. The van der Waals surface area contributed by atoms with Crippen molar-refractivity contribution in [2.75, 3.05) is 0 Å². The van der Waals surface area contributed by atoms with Crippen molar-refractivity contribution in [3.05, 3.63) is 41.5 Å². The van der Waals surface area contributed by atoms with Crippen molar-refractivity contribution >= 4 is 6.08 Å². The average Bonchev–Trinajstić information content (AvgIpc) is 2.24. The van der Waals surface area contributed by atoms with Crippen LogP contribution >= 0.6 is 0 Å². The number of halogens is 3. The molecule has 0 aliphatic carbocycles. The number of nitriles is 1. The van der Waals surface area contributed by atoms with Gasteiger partial charge in [0, 0.05) is 6.42 Å². The molecule has 84 valence electrons. The van der Waals surface area contributed by atoms with Crippen LogP contribution in [0.2, 0.25) is 0 Å². The molecule has 0 N–H and O–H groups in total. The molecule has 1 aromatic carbocycles. The summed E-state index contributed by atoms with van der Waals surface area (Å²) in [6.07, 6.45) is 0.209. The minimum atomic E-state index is -4.29. The van der Waals surface area contributed by atoms with Gasteiger partial charge >= 0.3 is 6.18 Å². The van der Waals surface area contributed by atoms with E-state index in [-0.39, 0.29) is 0 Å². The Hall–Kier alpha value is -1.76. The lowest BCUT2D eigenvalue weighted by molar-refractivity contribution is -0.137. The van der Waals surface area contributed by atoms with E-state index >= 15 is 0 Å². The highest BCUT2D eigenvalue weighted by molar-refractivity contribution is 5.49. The zero-order chi connectivity index (χ0) is 12.0. The molecule has 0 amide bonds. The molecule has 1 aromatic rings. The predicted octanol–water partition coefficient (Wildman–Crippen LogP) is 4.02. The molecule has 0 atom stereocenters. The average molecular weight is 225 g/mol. The summed E-state index contributed by atoms with van der Waals surface area (Å²) in [6, 6.07) is 6.89. The monoisotopic (exact) mass is 225 g/mol. The predicted molar refractivity (Wildman–Crippen MR) is 55.3 cm³/mol. The maximum atomic E-state index is 12.2. The quantitative estimate of drug-likeness (QED) is 0.712. The van der Waals surface area contributed by atoms with Crippen LogP contribution in [0.3, 0.4) is 0 Å². The smallest absolute Gasteiger partial charge is 0.198 e. The van der Waals surface area contributed by atoms with Gasteiger partial charge in [0.05, 0.1) is 11.6 Å². The minimum Gasteiger partial charge on any atom is -0.198 e. The van der Waals surface area contributed by atoms with E-state index in [1.54, 1.807) is 12.2 Å². The van der Waals surface area contributed by atoms with Crippen LogP contribution in [0.1, 0.15) is 24.0 Å². The number of alkyl halides is 3. The first-order valence-electron chi connectivity index (χ1n) is 4.75. The van der Waals surface area contributed by atoms with Gasteiger partial charge in [0.2, 0.25) is 0 Å². The molecule has 4 heteroatoms. The van der Waals surface area contributed by atoms with Crippen LogP contribution in [0.5, 0.6) is 0 Å². The van der Waals surface area contributed by atoms with Crippen molar-refractivity contribution in [1.29, 1.82) is 5.26 Å². The van der Waals surface area contributed by atoms with Gasteiger partial charge in [-0.25, -0.2) is 0 Å². The highest BCUT2D eigenvalue weighted by atomic mass is 19.4. The fourth-order valence-electron chi connectivity index (χ4n) is 1.15. The van der Waals surface area contributed by atoms with E-state index in [1.165, 1.54) is 12.1 Å². The number of hydrogen-bond acceptors (Lipinski definition) is 1. The van der Waals surface area contributed by atoms with Crippen molar-refractivity contribution in [1.82, 2.24) is 0 Å². The Morgan fingerprint density at radius 3 is 2.31 bits per heavy atom. The molecule has 0 aliphatic heterocycles. The van der Waals surface area contributed by atoms with Gasteiger partial charge in [-0.2, -0.15) is 18.4 Å². The molecule has 0 unspecified atom stereocenters. The highest BCUT2D eigenvalue weighted by Crippen LogP contribution is 2.29. The lowest BCUT2D eigenvalue weighted by Gasteiger charge is -2.05. The zero-order valence-corrected chi connectivity index (χ0v) is 8.46. The fourth-order valence-corrected chi connectivity index (χ4v) is 1.15. The third-order valence-electron chi connectivity index (χ3n) is 1.97. The Morgan fingerprint density at radius 2 is 1.81 bits per heavy atom. The van der Waals surface area contributed by atoms with Crippen molar-refractivity contribution in [2.45, 2.75) is 19.0 Å². The lowest BCUT2D eigenvalue weighted by atomic mass is 10.1. The zero-order valence-electron chi connectivity index (χ0n) is 8.46. The second-order valence-corrected chi connectivity index (χ2v) is 3.22. The van der Waals surface area contributed by atoms with E-state index in [4.69, 9.17) is 5.26 Å². The Balaban J connectivity index is 2.66. The topological polar surface area (TPSA) is 23.8 Å². The third kappa shape index (κ3) is 3.77. The summed E-state index contributed by atoms with van der Waals surface area (Å²) in [7, 11) is 0. The number of allylic oxidation sites excluding steroid dienone is 1. The lowest BCUT2D eigenvalue weighted by Crippen LogP contribution is -2.03. The summed E-state index contributed by atoms with van der Waals surface area (Å²) in [4.78, 5) is 0. The molecule has 1 rings (SSSR count). The fraction of sp³-hybridized carbons (Fsp3) is 0.250. The maximum Gasteiger partial charge on any atom is 0.416 e. The molecule has 0 saturated carbocycles. The Bertz CT molecular complexity index is 396. The molecule has 0 bridgehead atoms. The van der Waals surface area contributed by atoms with Crippen LogP contribution < -0.4 is 0 Å². The van der Waals surface area contributed by atoms with Crippen LogP contribution in [-0.4, -0.2) is 0 Å². The van der Waals surface area contributed by atoms with Crippen LogP contribution in [0, 0.1) is 11.3 Å². The maximum absolute atomic E-state index is 12.2. The summed E-state index contributed by atoms with van der Waals surface area (Å²) in [5, 5.41) is 8.28. The molecule has 1 nitrogen and oxygen atoms in total. The highest BCUT2D eigenvalue weighted by Gasteiger charge is 2.29. The molecule has 16 heavy (non-hydrogen) atoms. The number of nitrogens with zero attached hydrogens (tertiary/aromatic N) is 1. The van der Waals surface area contributed by atoms with Gasteiger partial charge in [-0.05, 0) is 24.1 Å². The Labute approximate surface area is 91.8 Å². The van der Waals surface area contributed by atoms with Crippen LogP contribution in [-0.2, 0) is 6.18 Å². The summed E-state index contributed by atoms with van der Waals surface area (Å²) >= 11 is 0. The van der Waals surface area contributed by atoms with E-state index < -0.39 is 11.7 Å². The summed E-state index contributed by atoms with van der Waals surface area (Å²) in [5.74, 6) is 0. The normalized spacial score (nSPS) is 11.6. The van der Waals surface area contributed by atoms with Gasteiger partial charge in [0.1, 0.15) is 0 Å². The van der Waals surface area contributed by atoms with Crippen molar-refractivity contribution in [3.8, 4) is 6.07 Å². The third-order valence-corrected chi connectivity index (χ3v) is 1.97. The summed E-state index contributed by atoms with van der Waals surface area (Å²) in [5.41, 5.74) is 0.0487.